The molecule has 0 amide bonds. The molecule has 0 fully saturated rings. The maximum atomic E-state index is 6.08. The molecule has 0 heterocycles. The van der Waals surface area contributed by atoms with Crippen molar-refractivity contribution < 1.29 is 22.9 Å². The minimum atomic E-state index is 0. The van der Waals surface area contributed by atoms with Gasteiger partial charge >= 0.3 is 0 Å². The molecule has 0 aromatic heterocycles. The molecule has 0 aliphatic heterocycles. The van der Waals surface area contributed by atoms with Crippen molar-refractivity contribution in [3.8, 4) is 5.75 Å². The number of hydrogen-bond donors (Lipinski definition) is 2. The second kappa shape index (κ2) is 6.88. The van der Waals surface area contributed by atoms with Crippen LogP contribution in [0.15, 0.2) is 54.6 Å². The molecule has 3 aromatic carbocycles. The van der Waals surface area contributed by atoms with E-state index in [1.54, 1.807) is 7.11 Å². The van der Waals surface area contributed by atoms with E-state index in [-0.39, 0.29) is 12.4 Å². The third-order valence-electron chi connectivity index (χ3n) is 3.45. The molecule has 4 N–H and O–H groups in total. The average Bonchev–Trinajstić information content (AvgIpc) is 2.51. The predicted octanol–water partition coefficient (Wildman–Crippen LogP) is 1.12. The van der Waals surface area contributed by atoms with Gasteiger partial charge < -0.3 is 28.2 Å². The number of methoxy groups -OCH3 is 1. The quantitative estimate of drug-likeness (QED) is 0.754. The van der Waals surface area contributed by atoms with Crippen molar-refractivity contribution in [2.24, 2.45) is 0 Å². The van der Waals surface area contributed by atoms with Crippen LogP contribution in [0.2, 0.25) is 5.02 Å². The van der Waals surface area contributed by atoms with E-state index in [1.165, 1.54) is 0 Å². The summed E-state index contributed by atoms with van der Waals surface area (Å²) in [6, 6.07) is 17.7. The van der Waals surface area contributed by atoms with Gasteiger partial charge in [-0.05, 0) is 30.3 Å². The third-order valence-corrected chi connectivity index (χ3v) is 3.68. The summed E-state index contributed by atoms with van der Waals surface area (Å²) in [6.07, 6.45) is 0. The largest absolute Gasteiger partial charge is 1.00 e. The lowest BCUT2D eigenvalue weighted by atomic mass is 10.1. The molecular weight excluding hydrogens is 319 g/mol. The molecule has 5 heteroatoms. The Morgan fingerprint density at radius 2 is 1.73 bits per heavy atom. The van der Waals surface area contributed by atoms with Crippen LogP contribution in [0.3, 0.4) is 0 Å². The van der Waals surface area contributed by atoms with Crippen LogP contribution < -0.4 is 28.2 Å². The SMILES string of the molecule is COc1ccccc1Nc1ccc([NH3+])c2cc(Cl)ccc12.[Cl-]. The molecule has 0 saturated carbocycles. The third kappa shape index (κ3) is 3.12. The van der Waals surface area contributed by atoms with Gasteiger partial charge in [0, 0.05) is 27.5 Å². The molecule has 0 atom stereocenters. The predicted molar refractivity (Wildman–Crippen MR) is 87.8 cm³/mol. The average molecular weight is 335 g/mol. The van der Waals surface area contributed by atoms with Crippen LogP contribution in [0.5, 0.6) is 5.75 Å². The Labute approximate surface area is 140 Å². The smallest absolute Gasteiger partial charge is 0.142 e. The van der Waals surface area contributed by atoms with E-state index in [0.717, 1.165) is 33.6 Å². The van der Waals surface area contributed by atoms with Gasteiger partial charge in [0.1, 0.15) is 11.4 Å². The second-order valence-electron chi connectivity index (χ2n) is 4.79. The summed E-state index contributed by atoms with van der Waals surface area (Å²) in [5.74, 6) is 0.804. The van der Waals surface area contributed by atoms with Crippen LogP contribution in [-0.2, 0) is 0 Å². The van der Waals surface area contributed by atoms with Gasteiger partial charge in [-0.15, -0.1) is 0 Å². The molecule has 0 aliphatic rings. The number of quaternary nitrogens is 1. The highest BCUT2D eigenvalue weighted by Crippen LogP contribution is 2.34. The fourth-order valence-electron chi connectivity index (χ4n) is 2.38. The van der Waals surface area contributed by atoms with Crippen molar-refractivity contribution in [2.45, 2.75) is 0 Å². The first kappa shape index (κ1) is 16.4. The molecule has 0 spiro atoms. The summed E-state index contributed by atoms with van der Waals surface area (Å²) in [4.78, 5) is 0. The number of ether oxygens (including phenoxy) is 1. The Morgan fingerprint density at radius 3 is 2.50 bits per heavy atom. The normalized spacial score (nSPS) is 10.1. The summed E-state index contributed by atoms with van der Waals surface area (Å²) in [5, 5.41) is 6.25. The van der Waals surface area contributed by atoms with Crippen LogP contribution >= 0.6 is 11.6 Å². The lowest BCUT2D eigenvalue weighted by Crippen LogP contribution is -3.00. The van der Waals surface area contributed by atoms with Gasteiger partial charge in [0.05, 0.1) is 12.8 Å². The molecule has 22 heavy (non-hydrogen) atoms. The van der Waals surface area contributed by atoms with Crippen molar-refractivity contribution in [2.75, 3.05) is 12.4 Å². The van der Waals surface area contributed by atoms with Gasteiger partial charge in [-0.3, -0.25) is 0 Å². The number of benzene rings is 3. The van der Waals surface area contributed by atoms with E-state index >= 15 is 0 Å². The maximum absolute atomic E-state index is 6.08. The van der Waals surface area contributed by atoms with E-state index in [1.807, 2.05) is 54.6 Å². The molecule has 3 nitrogen and oxygen atoms in total. The fraction of sp³-hybridized carbons (Fsp3) is 0.0588. The zero-order valence-electron chi connectivity index (χ0n) is 12.1. The molecule has 0 bridgehead atoms. The van der Waals surface area contributed by atoms with Crippen LogP contribution in [0.1, 0.15) is 0 Å². The lowest BCUT2D eigenvalue weighted by Gasteiger charge is -2.13. The molecular formula is C17H16Cl2N2O. The number of fused-ring (bicyclic) bond motifs is 1. The Kier molecular flexibility index (Phi) is 5.14. The summed E-state index contributed by atoms with van der Waals surface area (Å²) in [7, 11) is 1.66. The van der Waals surface area contributed by atoms with Crippen LogP contribution in [0, 0.1) is 0 Å². The number of hydrogen-bond acceptors (Lipinski definition) is 2. The molecule has 114 valence electrons. The van der Waals surface area contributed by atoms with Gasteiger partial charge in [-0.1, -0.05) is 29.8 Å². The Morgan fingerprint density at radius 1 is 0.955 bits per heavy atom. The highest BCUT2D eigenvalue weighted by atomic mass is 35.5. The minimum absolute atomic E-state index is 0. The first-order valence-electron chi connectivity index (χ1n) is 6.63. The highest BCUT2D eigenvalue weighted by Gasteiger charge is 2.09. The molecule has 0 saturated heterocycles. The van der Waals surface area contributed by atoms with Crippen molar-refractivity contribution >= 4 is 39.4 Å². The zero-order chi connectivity index (χ0) is 14.8. The van der Waals surface area contributed by atoms with Gasteiger partial charge in [-0.2, -0.15) is 0 Å². The van der Waals surface area contributed by atoms with E-state index in [9.17, 15) is 0 Å². The zero-order valence-corrected chi connectivity index (χ0v) is 13.6. The van der Waals surface area contributed by atoms with E-state index in [2.05, 4.69) is 11.1 Å². The van der Waals surface area contributed by atoms with Gasteiger partial charge in [0.15, 0.2) is 0 Å². The monoisotopic (exact) mass is 334 g/mol. The Balaban J connectivity index is 0.00000176. The molecule has 0 unspecified atom stereocenters. The summed E-state index contributed by atoms with van der Waals surface area (Å²) >= 11 is 6.08. The molecule has 0 aliphatic carbocycles. The standard InChI is InChI=1S/C17H15ClN2O.ClH/c1-21-17-5-3-2-4-16(17)20-15-9-8-14(19)13-10-11(18)6-7-12(13)15;/h2-10,20H,19H2,1H3;1H. The van der Waals surface area contributed by atoms with Crippen molar-refractivity contribution in [3.05, 3.63) is 59.6 Å². The van der Waals surface area contributed by atoms with E-state index in [4.69, 9.17) is 16.3 Å². The van der Waals surface area contributed by atoms with Gasteiger partial charge in [0.2, 0.25) is 0 Å². The molecule has 3 aromatic rings. The number of nitrogens with one attached hydrogen (secondary N) is 1. The first-order chi connectivity index (χ1) is 10.2. The first-order valence-corrected chi connectivity index (χ1v) is 7.01. The minimum Gasteiger partial charge on any atom is -1.00 e. The van der Waals surface area contributed by atoms with Crippen LogP contribution in [0.25, 0.3) is 10.8 Å². The summed E-state index contributed by atoms with van der Waals surface area (Å²) in [5.41, 5.74) is 6.94. The second-order valence-corrected chi connectivity index (χ2v) is 5.22. The molecule has 3 rings (SSSR count). The Hall–Kier alpha value is -1.94. The fourth-order valence-corrected chi connectivity index (χ4v) is 2.55. The van der Waals surface area contributed by atoms with Crippen molar-refractivity contribution in [1.82, 2.24) is 0 Å². The Bertz CT molecular complexity index is 806. The van der Waals surface area contributed by atoms with E-state index < -0.39 is 0 Å². The van der Waals surface area contributed by atoms with Crippen molar-refractivity contribution in [3.63, 3.8) is 0 Å². The summed E-state index contributed by atoms with van der Waals surface area (Å²) < 4.78 is 5.38. The number of halogens is 2. The number of para-hydroxylation sites is 2. The van der Waals surface area contributed by atoms with Crippen LogP contribution in [-0.4, -0.2) is 7.11 Å². The lowest BCUT2D eigenvalue weighted by molar-refractivity contribution is -0.252. The molecule has 0 radical (unpaired) electrons. The van der Waals surface area contributed by atoms with Crippen LogP contribution in [0.4, 0.5) is 17.1 Å². The van der Waals surface area contributed by atoms with E-state index in [0.29, 0.717) is 5.02 Å². The summed E-state index contributed by atoms with van der Waals surface area (Å²) in [6.45, 7) is 0. The number of anilines is 2. The number of rotatable bonds is 3. The highest BCUT2D eigenvalue weighted by molar-refractivity contribution is 6.31. The van der Waals surface area contributed by atoms with Gasteiger partial charge in [0.25, 0.3) is 0 Å². The van der Waals surface area contributed by atoms with Crippen molar-refractivity contribution in [1.29, 1.82) is 0 Å². The topological polar surface area (TPSA) is 48.9 Å². The van der Waals surface area contributed by atoms with Gasteiger partial charge in [-0.25, -0.2) is 0 Å². The maximum Gasteiger partial charge on any atom is 0.142 e.